The highest BCUT2D eigenvalue weighted by atomic mass is 15.2. The molecule has 0 bridgehead atoms. The van der Waals surface area contributed by atoms with Gasteiger partial charge in [-0.1, -0.05) is 13.8 Å². The Bertz CT molecular complexity index is 347. The van der Waals surface area contributed by atoms with Gasteiger partial charge in [0, 0.05) is 18.8 Å². The second-order valence-electron chi connectivity index (χ2n) is 6.81. The topological polar surface area (TPSA) is 29.9 Å². The molecule has 0 aromatic carbocycles. The molecule has 0 radical (unpaired) electrons. The van der Waals surface area contributed by atoms with E-state index in [1.54, 1.807) is 0 Å². The van der Waals surface area contributed by atoms with E-state index in [1.807, 2.05) is 17.9 Å². The summed E-state index contributed by atoms with van der Waals surface area (Å²) in [6, 6.07) is 2.13. The predicted molar refractivity (Wildman–Crippen MR) is 77.6 cm³/mol. The van der Waals surface area contributed by atoms with Crippen molar-refractivity contribution in [2.24, 2.45) is 18.9 Å². The van der Waals surface area contributed by atoms with Crippen molar-refractivity contribution in [3.63, 3.8) is 0 Å². The first-order valence-corrected chi connectivity index (χ1v) is 7.00. The molecular weight excluding hydrogens is 222 g/mol. The van der Waals surface area contributed by atoms with E-state index >= 15 is 0 Å². The molecule has 0 spiro atoms. The van der Waals surface area contributed by atoms with Gasteiger partial charge in [-0.25, -0.2) is 0 Å². The molecule has 1 rings (SSSR count). The van der Waals surface area contributed by atoms with Crippen molar-refractivity contribution in [3.8, 4) is 0 Å². The van der Waals surface area contributed by atoms with Crippen LogP contribution in [-0.4, -0.2) is 21.9 Å². The highest BCUT2D eigenvalue weighted by Crippen LogP contribution is 2.17. The lowest BCUT2D eigenvalue weighted by atomic mass is 9.92. The molecule has 0 aliphatic heterocycles. The minimum atomic E-state index is 0.194. The molecule has 0 saturated heterocycles. The largest absolute Gasteiger partial charge is 0.312 e. The molecule has 0 aliphatic rings. The van der Waals surface area contributed by atoms with Crippen LogP contribution in [0.5, 0.6) is 0 Å². The number of aromatic nitrogens is 2. The maximum Gasteiger partial charge on any atom is 0.0627 e. The molecule has 1 atom stereocenters. The zero-order valence-electron chi connectivity index (χ0n) is 12.8. The van der Waals surface area contributed by atoms with Crippen LogP contribution in [0.3, 0.4) is 0 Å². The van der Waals surface area contributed by atoms with Gasteiger partial charge in [0.2, 0.25) is 0 Å². The molecule has 0 saturated carbocycles. The average molecular weight is 251 g/mol. The Morgan fingerprint density at radius 2 is 2.00 bits per heavy atom. The van der Waals surface area contributed by atoms with Crippen molar-refractivity contribution in [2.75, 3.05) is 6.54 Å². The quantitative estimate of drug-likeness (QED) is 0.842. The zero-order valence-corrected chi connectivity index (χ0v) is 12.8. The van der Waals surface area contributed by atoms with Crippen molar-refractivity contribution in [1.82, 2.24) is 15.1 Å². The third-order valence-electron chi connectivity index (χ3n) is 2.99. The molecule has 1 unspecified atom stereocenters. The predicted octanol–water partition coefficient (Wildman–Crippen LogP) is 3.01. The highest BCUT2D eigenvalue weighted by molar-refractivity contribution is 5.00. The summed E-state index contributed by atoms with van der Waals surface area (Å²) < 4.78 is 1.89. The van der Waals surface area contributed by atoms with E-state index in [0.717, 1.165) is 18.9 Å². The second-order valence-corrected chi connectivity index (χ2v) is 6.81. The Hall–Kier alpha value is -0.830. The van der Waals surface area contributed by atoms with Crippen LogP contribution in [0.1, 0.15) is 46.7 Å². The lowest BCUT2D eigenvalue weighted by molar-refractivity contribution is 0.329. The SMILES string of the molecule is CC(C)CC(CNC(C)(C)C)Cc1ccn(C)n1. The van der Waals surface area contributed by atoms with Crippen molar-refractivity contribution in [2.45, 2.75) is 53.0 Å². The van der Waals surface area contributed by atoms with Gasteiger partial charge in [0.1, 0.15) is 0 Å². The van der Waals surface area contributed by atoms with Gasteiger partial charge < -0.3 is 5.32 Å². The van der Waals surface area contributed by atoms with Crippen LogP contribution in [0.15, 0.2) is 12.3 Å². The number of hydrogen-bond acceptors (Lipinski definition) is 2. The maximum absolute atomic E-state index is 4.49. The lowest BCUT2D eigenvalue weighted by Crippen LogP contribution is -2.39. The summed E-state index contributed by atoms with van der Waals surface area (Å²) in [7, 11) is 1.98. The first kappa shape index (κ1) is 15.2. The Kier molecular flexibility index (Phi) is 5.39. The van der Waals surface area contributed by atoms with E-state index in [9.17, 15) is 0 Å². The van der Waals surface area contributed by atoms with Crippen LogP contribution in [0.2, 0.25) is 0 Å². The molecule has 3 heteroatoms. The Morgan fingerprint density at radius 1 is 1.33 bits per heavy atom. The molecule has 3 nitrogen and oxygen atoms in total. The summed E-state index contributed by atoms with van der Waals surface area (Å²) in [5, 5.41) is 8.11. The van der Waals surface area contributed by atoms with Crippen LogP contribution in [0, 0.1) is 11.8 Å². The summed E-state index contributed by atoms with van der Waals surface area (Å²) in [6.45, 7) is 12.3. The van der Waals surface area contributed by atoms with E-state index in [-0.39, 0.29) is 5.54 Å². The summed E-state index contributed by atoms with van der Waals surface area (Å²) in [6.07, 6.45) is 4.35. The van der Waals surface area contributed by atoms with Gasteiger partial charge in [0.05, 0.1) is 5.69 Å². The minimum absolute atomic E-state index is 0.194. The van der Waals surface area contributed by atoms with Crippen LogP contribution in [0.25, 0.3) is 0 Å². The Labute approximate surface area is 112 Å². The molecule has 104 valence electrons. The molecule has 0 fully saturated rings. The second kappa shape index (κ2) is 6.37. The number of nitrogens with zero attached hydrogens (tertiary/aromatic N) is 2. The number of rotatable bonds is 6. The first-order valence-electron chi connectivity index (χ1n) is 7.00. The minimum Gasteiger partial charge on any atom is -0.312 e. The number of hydrogen-bond donors (Lipinski definition) is 1. The first-order chi connectivity index (χ1) is 8.26. The number of nitrogens with one attached hydrogen (secondary N) is 1. The van der Waals surface area contributed by atoms with E-state index in [2.05, 4.69) is 51.1 Å². The van der Waals surface area contributed by atoms with Gasteiger partial charge in [0.25, 0.3) is 0 Å². The van der Waals surface area contributed by atoms with Gasteiger partial charge in [-0.05, 0) is 58.1 Å². The molecule has 1 aromatic rings. The van der Waals surface area contributed by atoms with Crippen molar-refractivity contribution in [1.29, 1.82) is 0 Å². The van der Waals surface area contributed by atoms with Crippen molar-refractivity contribution in [3.05, 3.63) is 18.0 Å². The molecule has 1 aromatic heterocycles. The summed E-state index contributed by atoms with van der Waals surface area (Å²) in [4.78, 5) is 0. The fraction of sp³-hybridized carbons (Fsp3) is 0.800. The van der Waals surface area contributed by atoms with Gasteiger partial charge in [-0.3, -0.25) is 4.68 Å². The van der Waals surface area contributed by atoms with Gasteiger partial charge in [-0.2, -0.15) is 5.10 Å². The van der Waals surface area contributed by atoms with E-state index < -0.39 is 0 Å². The summed E-state index contributed by atoms with van der Waals surface area (Å²) in [5.74, 6) is 1.40. The third kappa shape index (κ3) is 6.20. The van der Waals surface area contributed by atoms with E-state index in [1.165, 1.54) is 12.1 Å². The molecule has 18 heavy (non-hydrogen) atoms. The smallest absolute Gasteiger partial charge is 0.0627 e. The Morgan fingerprint density at radius 3 is 2.44 bits per heavy atom. The Balaban J connectivity index is 2.55. The average Bonchev–Trinajstić information content (AvgIpc) is 2.58. The van der Waals surface area contributed by atoms with E-state index in [0.29, 0.717) is 5.92 Å². The molecule has 1 N–H and O–H groups in total. The molecule has 1 heterocycles. The van der Waals surface area contributed by atoms with E-state index in [4.69, 9.17) is 0 Å². The fourth-order valence-corrected chi connectivity index (χ4v) is 2.22. The normalized spacial score (nSPS) is 14.2. The van der Waals surface area contributed by atoms with Gasteiger partial charge >= 0.3 is 0 Å². The summed E-state index contributed by atoms with van der Waals surface area (Å²) >= 11 is 0. The van der Waals surface area contributed by atoms with Crippen LogP contribution >= 0.6 is 0 Å². The zero-order chi connectivity index (χ0) is 13.8. The molecule has 0 aliphatic carbocycles. The van der Waals surface area contributed by atoms with Crippen LogP contribution in [-0.2, 0) is 13.5 Å². The van der Waals surface area contributed by atoms with Crippen LogP contribution in [0.4, 0.5) is 0 Å². The fourth-order valence-electron chi connectivity index (χ4n) is 2.22. The standard InChI is InChI=1S/C15H29N3/c1-12(2)9-13(11-16-15(3,4)5)10-14-7-8-18(6)17-14/h7-8,12-13,16H,9-11H2,1-6H3. The van der Waals surface area contributed by atoms with Crippen molar-refractivity contribution >= 4 is 0 Å². The van der Waals surface area contributed by atoms with Crippen LogP contribution < -0.4 is 5.32 Å². The monoisotopic (exact) mass is 251 g/mol. The van der Waals surface area contributed by atoms with Gasteiger partial charge in [0.15, 0.2) is 0 Å². The maximum atomic E-state index is 4.49. The van der Waals surface area contributed by atoms with Gasteiger partial charge in [-0.15, -0.1) is 0 Å². The summed E-state index contributed by atoms with van der Waals surface area (Å²) in [5.41, 5.74) is 1.40. The lowest BCUT2D eigenvalue weighted by Gasteiger charge is -2.26. The number of aryl methyl sites for hydroxylation is 1. The third-order valence-corrected chi connectivity index (χ3v) is 2.99. The molecule has 0 amide bonds. The highest BCUT2D eigenvalue weighted by Gasteiger charge is 2.16. The molecular formula is C15H29N3. The van der Waals surface area contributed by atoms with Crippen molar-refractivity contribution < 1.29 is 0 Å².